The fourth-order valence-electron chi connectivity index (χ4n) is 4.56. The van der Waals surface area contributed by atoms with Crippen molar-refractivity contribution in [3.63, 3.8) is 0 Å². The van der Waals surface area contributed by atoms with Crippen molar-refractivity contribution in [3.8, 4) is 0 Å². The molecule has 4 rings (SSSR count). The number of benzene rings is 1. The predicted octanol–water partition coefficient (Wildman–Crippen LogP) is 1.86. The number of carbonyl (C=O) groups is 1. The Bertz CT molecular complexity index is 862. The largest absolute Gasteiger partial charge is 0.391 e. The molecule has 0 unspecified atom stereocenters. The van der Waals surface area contributed by atoms with Crippen molar-refractivity contribution in [2.24, 2.45) is 11.8 Å². The molecule has 1 saturated carbocycles. The van der Waals surface area contributed by atoms with Gasteiger partial charge in [-0.2, -0.15) is 0 Å². The van der Waals surface area contributed by atoms with Gasteiger partial charge in [-0.1, -0.05) is 12.1 Å². The number of hydrogen-bond acceptors (Lipinski definition) is 5. The van der Waals surface area contributed by atoms with Gasteiger partial charge in [-0.3, -0.25) is 9.78 Å². The predicted molar refractivity (Wildman–Crippen MR) is 103 cm³/mol. The number of halogens is 1. The third-order valence-corrected chi connectivity index (χ3v) is 5.90. The van der Waals surface area contributed by atoms with Gasteiger partial charge in [0.15, 0.2) is 0 Å². The average Bonchev–Trinajstić information content (AvgIpc) is 3.04. The zero-order valence-electron chi connectivity index (χ0n) is 15.9. The highest BCUT2D eigenvalue weighted by Crippen LogP contribution is 2.38. The van der Waals surface area contributed by atoms with Gasteiger partial charge < -0.3 is 15.3 Å². The smallest absolute Gasteiger partial charge is 0.224 e. The number of anilines is 1. The first kappa shape index (κ1) is 18.8. The number of fused-ring (bicyclic) bond motifs is 1. The number of carbonyl (C=O) groups excluding carboxylic acids is 1. The maximum absolute atomic E-state index is 13.3. The normalized spacial score (nSPS) is 26.8. The molecule has 2 fully saturated rings. The van der Waals surface area contributed by atoms with E-state index in [1.807, 2.05) is 6.92 Å². The number of amides is 1. The highest BCUT2D eigenvalue weighted by atomic mass is 19.1. The van der Waals surface area contributed by atoms with Crippen molar-refractivity contribution in [1.82, 2.24) is 15.3 Å². The summed E-state index contributed by atoms with van der Waals surface area (Å²) in [5, 5.41) is 13.5. The van der Waals surface area contributed by atoms with Crippen LogP contribution in [0, 0.1) is 24.6 Å². The number of hydrogen-bond donors (Lipinski definition) is 2. The lowest BCUT2D eigenvalue weighted by atomic mass is 9.77. The molecule has 28 heavy (non-hydrogen) atoms. The first-order valence-electron chi connectivity index (χ1n) is 9.74. The summed E-state index contributed by atoms with van der Waals surface area (Å²) in [5.41, 5.74) is 1.53. The second-order valence-electron chi connectivity index (χ2n) is 7.91. The summed E-state index contributed by atoms with van der Waals surface area (Å²) in [4.78, 5) is 23.4. The van der Waals surface area contributed by atoms with Crippen LogP contribution in [0.15, 0.2) is 36.7 Å². The number of nitrogens with zero attached hydrogens (tertiary/aromatic N) is 3. The van der Waals surface area contributed by atoms with E-state index in [1.54, 1.807) is 24.5 Å². The van der Waals surface area contributed by atoms with Crippen LogP contribution in [0.5, 0.6) is 0 Å². The standard InChI is InChI=1S/C21H25FN4O2/c1-13-21(24-6-5-23-13)26-11-15-9-18(19(27)10-16(15)12-26)25-20(28)8-14-3-2-4-17(22)7-14/h2-7,15-16,18-19,27H,8-12H2,1H3,(H,25,28)/t15-,16+,18-,19-/m0/s1. The van der Waals surface area contributed by atoms with E-state index >= 15 is 0 Å². The van der Waals surface area contributed by atoms with Crippen LogP contribution in [0.1, 0.15) is 24.1 Å². The third kappa shape index (κ3) is 3.99. The Hall–Kier alpha value is -2.54. The number of aromatic nitrogens is 2. The highest BCUT2D eigenvalue weighted by molar-refractivity contribution is 5.78. The van der Waals surface area contributed by atoms with E-state index in [-0.39, 0.29) is 24.2 Å². The molecular weight excluding hydrogens is 359 g/mol. The second kappa shape index (κ2) is 7.83. The fraction of sp³-hybridized carbons (Fsp3) is 0.476. The Labute approximate surface area is 163 Å². The molecule has 1 aliphatic heterocycles. The van der Waals surface area contributed by atoms with Crippen molar-refractivity contribution in [2.75, 3.05) is 18.0 Å². The molecule has 0 bridgehead atoms. The number of aliphatic hydroxyl groups is 1. The Kier molecular flexibility index (Phi) is 5.26. The van der Waals surface area contributed by atoms with E-state index in [9.17, 15) is 14.3 Å². The Morgan fingerprint density at radius 1 is 1.25 bits per heavy atom. The summed E-state index contributed by atoms with van der Waals surface area (Å²) in [5.74, 6) is 1.14. The van der Waals surface area contributed by atoms with Crippen LogP contribution in [0.25, 0.3) is 0 Å². The van der Waals surface area contributed by atoms with E-state index in [1.165, 1.54) is 12.1 Å². The van der Waals surface area contributed by atoms with Crippen molar-refractivity contribution in [3.05, 3.63) is 53.7 Å². The molecule has 2 aliphatic rings. The second-order valence-corrected chi connectivity index (χ2v) is 7.91. The number of aryl methyl sites for hydroxylation is 1. The topological polar surface area (TPSA) is 78.3 Å². The van der Waals surface area contributed by atoms with Gasteiger partial charge in [0.2, 0.25) is 5.91 Å². The molecule has 1 aromatic carbocycles. The minimum atomic E-state index is -0.569. The molecular formula is C21H25FN4O2. The van der Waals surface area contributed by atoms with Crippen molar-refractivity contribution >= 4 is 11.7 Å². The van der Waals surface area contributed by atoms with Crippen LogP contribution in [0.2, 0.25) is 0 Å². The van der Waals surface area contributed by atoms with Crippen LogP contribution < -0.4 is 10.2 Å². The van der Waals surface area contributed by atoms with Gasteiger partial charge in [0.05, 0.1) is 24.3 Å². The van der Waals surface area contributed by atoms with E-state index in [0.29, 0.717) is 23.8 Å². The van der Waals surface area contributed by atoms with Crippen LogP contribution in [0.4, 0.5) is 10.2 Å². The Morgan fingerprint density at radius 2 is 2.00 bits per heavy atom. The van der Waals surface area contributed by atoms with E-state index in [0.717, 1.165) is 31.0 Å². The molecule has 2 N–H and O–H groups in total. The Balaban J connectivity index is 1.37. The molecule has 2 heterocycles. The summed E-state index contributed by atoms with van der Waals surface area (Å²) in [6.45, 7) is 3.66. The molecule has 6 nitrogen and oxygen atoms in total. The summed E-state index contributed by atoms with van der Waals surface area (Å²) in [7, 11) is 0. The highest BCUT2D eigenvalue weighted by Gasteiger charge is 2.42. The minimum absolute atomic E-state index is 0.111. The van der Waals surface area contributed by atoms with Crippen LogP contribution in [-0.2, 0) is 11.2 Å². The van der Waals surface area contributed by atoms with E-state index in [2.05, 4.69) is 20.2 Å². The first-order chi connectivity index (χ1) is 13.5. The maximum atomic E-state index is 13.3. The van der Waals surface area contributed by atoms with Gasteiger partial charge in [0.25, 0.3) is 0 Å². The van der Waals surface area contributed by atoms with Gasteiger partial charge in [-0.05, 0) is 49.3 Å². The lowest BCUT2D eigenvalue weighted by molar-refractivity contribution is -0.122. The third-order valence-electron chi connectivity index (χ3n) is 5.90. The summed E-state index contributed by atoms with van der Waals surface area (Å²) >= 11 is 0. The molecule has 1 aliphatic carbocycles. The Morgan fingerprint density at radius 3 is 2.75 bits per heavy atom. The monoisotopic (exact) mass is 384 g/mol. The number of aliphatic hydroxyl groups excluding tert-OH is 1. The molecule has 2 aromatic rings. The first-order valence-corrected chi connectivity index (χ1v) is 9.74. The molecule has 4 atom stereocenters. The maximum Gasteiger partial charge on any atom is 0.224 e. The number of nitrogens with one attached hydrogen (secondary N) is 1. The SMILES string of the molecule is Cc1nccnc1N1C[C@H]2C[C@H](O)[C@@H](NC(=O)Cc3cccc(F)c3)C[C@H]2C1. The molecule has 1 amide bonds. The van der Waals surface area contributed by atoms with Gasteiger partial charge in [-0.25, -0.2) is 9.37 Å². The lowest BCUT2D eigenvalue weighted by Crippen LogP contribution is -2.49. The number of rotatable bonds is 4. The summed E-state index contributed by atoms with van der Waals surface area (Å²) < 4.78 is 13.3. The summed E-state index contributed by atoms with van der Waals surface area (Å²) in [6.07, 6.45) is 4.33. The quantitative estimate of drug-likeness (QED) is 0.841. The van der Waals surface area contributed by atoms with Crippen LogP contribution in [0.3, 0.4) is 0 Å². The molecule has 0 spiro atoms. The fourth-order valence-corrected chi connectivity index (χ4v) is 4.56. The van der Waals surface area contributed by atoms with Crippen molar-refractivity contribution < 1.29 is 14.3 Å². The van der Waals surface area contributed by atoms with Gasteiger partial charge >= 0.3 is 0 Å². The molecule has 7 heteroatoms. The van der Waals surface area contributed by atoms with Crippen molar-refractivity contribution in [2.45, 2.75) is 38.3 Å². The van der Waals surface area contributed by atoms with Crippen molar-refractivity contribution in [1.29, 1.82) is 0 Å². The van der Waals surface area contributed by atoms with Crippen LogP contribution in [-0.4, -0.2) is 46.2 Å². The van der Waals surface area contributed by atoms with E-state index < -0.39 is 6.10 Å². The minimum Gasteiger partial charge on any atom is -0.391 e. The lowest BCUT2D eigenvalue weighted by Gasteiger charge is -2.35. The van der Waals surface area contributed by atoms with Gasteiger partial charge in [0, 0.05) is 25.5 Å². The molecule has 1 aromatic heterocycles. The molecule has 0 radical (unpaired) electrons. The molecule has 148 valence electrons. The van der Waals surface area contributed by atoms with Gasteiger partial charge in [0.1, 0.15) is 11.6 Å². The van der Waals surface area contributed by atoms with E-state index in [4.69, 9.17) is 0 Å². The molecule has 1 saturated heterocycles. The summed E-state index contributed by atoms with van der Waals surface area (Å²) in [6, 6.07) is 5.78. The van der Waals surface area contributed by atoms with Gasteiger partial charge in [-0.15, -0.1) is 0 Å². The van der Waals surface area contributed by atoms with Crippen LogP contribution >= 0.6 is 0 Å². The zero-order chi connectivity index (χ0) is 19.7. The average molecular weight is 384 g/mol. The zero-order valence-corrected chi connectivity index (χ0v) is 15.9.